The van der Waals surface area contributed by atoms with Crippen molar-refractivity contribution >= 4 is 5.97 Å². The monoisotopic (exact) mass is 275 g/mol. The molecule has 114 valence electrons. The van der Waals surface area contributed by atoms with Crippen LogP contribution in [0.5, 0.6) is 0 Å². The summed E-state index contributed by atoms with van der Waals surface area (Å²) >= 11 is 0. The second-order valence-electron chi connectivity index (χ2n) is 5.77. The second-order valence-corrected chi connectivity index (χ2v) is 5.77. The molecule has 5 nitrogen and oxygen atoms in total. The van der Waals surface area contributed by atoms with E-state index < -0.39 is 11.5 Å². The van der Waals surface area contributed by atoms with Gasteiger partial charge in [0.05, 0.1) is 13.2 Å². The molecule has 1 unspecified atom stereocenters. The fourth-order valence-corrected chi connectivity index (χ4v) is 1.69. The zero-order valence-electron chi connectivity index (χ0n) is 12.9. The second kappa shape index (κ2) is 9.28. The zero-order chi connectivity index (χ0) is 14.9. The highest BCUT2D eigenvalue weighted by Crippen LogP contribution is 2.11. The van der Waals surface area contributed by atoms with Gasteiger partial charge in [-0.25, -0.2) is 0 Å². The molecule has 19 heavy (non-hydrogen) atoms. The average Bonchev–Trinajstić information content (AvgIpc) is 2.26. The number of hydrogen-bond acceptors (Lipinski definition) is 4. The smallest absolute Gasteiger partial charge is 0.323 e. The average molecular weight is 275 g/mol. The third-order valence-corrected chi connectivity index (χ3v) is 2.65. The summed E-state index contributed by atoms with van der Waals surface area (Å²) in [5.74, 6) is -0.327. The van der Waals surface area contributed by atoms with Crippen LogP contribution in [-0.4, -0.2) is 49.1 Å². The van der Waals surface area contributed by atoms with Crippen molar-refractivity contribution < 1.29 is 19.4 Å². The summed E-state index contributed by atoms with van der Waals surface area (Å²) in [7, 11) is 0. The first-order valence-corrected chi connectivity index (χ1v) is 6.94. The standard InChI is InChI=1S/C14H29NO4/c1-11(2)10-19-9-8-18-7-6-14(5,13(16)17)15-12(3)4/h11-12,15H,6-10H2,1-5H3,(H,16,17). The van der Waals surface area contributed by atoms with E-state index >= 15 is 0 Å². The van der Waals surface area contributed by atoms with Crippen molar-refractivity contribution in [2.45, 2.75) is 52.6 Å². The fourth-order valence-electron chi connectivity index (χ4n) is 1.69. The molecule has 5 heteroatoms. The largest absolute Gasteiger partial charge is 0.480 e. The van der Waals surface area contributed by atoms with Gasteiger partial charge in [0.15, 0.2) is 0 Å². The molecule has 0 aromatic heterocycles. The van der Waals surface area contributed by atoms with Crippen LogP contribution < -0.4 is 5.32 Å². The van der Waals surface area contributed by atoms with E-state index in [1.807, 2.05) is 13.8 Å². The Morgan fingerprint density at radius 3 is 2.21 bits per heavy atom. The third kappa shape index (κ3) is 8.97. The summed E-state index contributed by atoms with van der Waals surface area (Å²) in [5, 5.41) is 12.3. The number of carbonyl (C=O) groups is 1. The summed E-state index contributed by atoms with van der Waals surface area (Å²) in [6, 6.07) is 0.121. The number of nitrogens with one attached hydrogen (secondary N) is 1. The molecule has 0 rings (SSSR count). The van der Waals surface area contributed by atoms with Gasteiger partial charge in [-0.05, 0) is 33.1 Å². The number of hydrogen-bond donors (Lipinski definition) is 2. The van der Waals surface area contributed by atoms with Crippen molar-refractivity contribution in [3.8, 4) is 0 Å². The van der Waals surface area contributed by atoms with Crippen molar-refractivity contribution in [1.29, 1.82) is 0 Å². The van der Waals surface area contributed by atoms with Gasteiger partial charge in [0.25, 0.3) is 0 Å². The van der Waals surface area contributed by atoms with Crippen LogP contribution in [0.4, 0.5) is 0 Å². The van der Waals surface area contributed by atoms with Crippen molar-refractivity contribution in [2.24, 2.45) is 5.92 Å². The van der Waals surface area contributed by atoms with Crippen LogP contribution >= 0.6 is 0 Å². The van der Waals surface area contributed by atoms with E-state index in [1.165, 1.54) is 0 Å². The molecule has 2 N–H and O–H groups in total. The quantitative estimate of drug-likeness (QED) is 0.564. The minimum atomic E-state index is -0.938. The Hall–Kier alpha value is -0.650. The van der Waals surface area contributed by atoms with E-state index in [9.17, 15) is 9.90 Å². The molecular formula is C14H29NO4. The maximum Gasteiger partial charge on any atom is 0.323 e. The summed E-state index contributed by atoms with van der Waals surface area (Å²) < 4.78 is 10.8. The van der Waals surface area contributed by atoms with Crippen LogP contribution in [0, 0.1) is 5.92 Å². The van der Waals surface area contributed by atoms with E-state index in [1.54, 1.807) is 6.92 Å². The Kier molecular flexibility index (Phi) is 8.97. The summed E-state index contributed by atoms with van der Waals surface area (Å²) in [4.78, 5) is 11.3. The van der Waals surface area contributed by atoms with Gasteiger partial charge in [0.1, 0.15) is 5.54 Å². The fraction of sp³-hybridized carbons (Fsp3) is 0.929. The summed E-state index contributed by atoms with van der Waals surface area (Å²) in [6.45, 7) is 11.9. The van der Waals surface area contributed by atoms with Crippen molar-refractivity contribution in [2.75, 3.05) is 26.4 Å². The first-order valence-electron chi connectivity index (χ1n) is 6.94. The van der Waals surface area contributed by atoms with Gasteiger partial charge in [-0.2, -0.15) is 0 Å². The summed E-state index contributed by atoms with van der Waals surface area (Å²) in [6.07, 6.45) is 0.435. The van der Waals surface area contributed by atoms with Crippen LogP contribution in [-0.2, 0) is 14.3 Å². The van der Waals surface area contributed by atoms with Gasteiger partial charge < -0.3 is 14.6 Å². The molecule has 0 radical (unpaired) electrons. The molecule has 0 aliphatic rings. The van der Waals surface area contributed by atoms with E-state index in [4.69, 9.17) is 9.47 Å². The molecular weight excluding hydrogens is 246 g/mol. The van der Waals surface area contributed by atoms with E-state index in [0.717, 1.165) is 6.61 Å². The lowest BCUT2D eigenvalue weighted by Gasteiger charge is -2.28. The Labute approximate surface area is 116 Å². The van der Waals surface area contributed by atoms with E-state index in [2.05, 4.69) is 19.2 Å². The van der Waals surface area contributed by atoms with Crippen LogP contribution in [0.15, 0.2) is 0 Å². The molecule has 0 aromatic carbocycles. The van der Waals surface area contributed by atoms with E-state index in [-0.39, 0.29) is 6.04 Å². The highest BCUT2D eigenvalue weighted by Gasteiger charge is 2.32. The number of rotatable bonds is 11. The number of carboxylic acid groups (broad SMARTS) is 1. The minimum Gasteiger partial charge on any atom is -0.480 e. The topological polar surface area (TPSA) is 67.8 Å². The molecule has 0 aliphatic carbocycles. The number of aliphatic carboxylic acids is 1. The summed E-state index contributed by atoms with van der Waals surface area (Å²) in [5.41, 5.74) is -0.938. The van der Waals surface area contributed by atoms with Crippen LogP contribution in [0.2, 0.25) is 0 Å². The molecule has 0 heterocycles. The molecule has 0 aromatic rings. The molecule has 0 fully saturated rings. The van der Waals surface area contributed by atoms with Crippen molar-refractivity contribution in [3.63, 3.8) is 0 Å². The Morgan fingerprint density at radius 2 is 1.74 bits per heavy atom. The first-order chi connectivity index (χ1) is 8.78. The van der Waals surface area contributed by atoms with Crippen LogP contribution in [0.3, 0.4) is 0 Å². The third-order valence-electron chi connectivity index (χ3n) is 2.65. The van der Waals surface area contributed by atoms with E-state index in [0.29, 0.717) is 32.2 Å². The molecule has 0 amide bonds. The van der Waals surface area contributed by atoms with Crippen LogP contribution in [0.25, 0.3) is 0 Å². The van der Waals surface area contributed by atoms with Gasteiger partial charge >= 0.3 is 5.97 Å². The van der Waals surface area contributed by atoms with Crippen LogP contribution in [0.1, 0.15) is 41.0 Å². The Morgan fingerprint density at radius 1 is 1.16 bits per heavy atom. The van der Waals surface area contributed by atoms with Gasteiger partial charge in [-0.3, -0.25) is 10.1 Å². The zero-order valence-corrected chi connectivity index (χ0v) is 12.9. The highest BCUT2D eigenvalue weighted by molar-refractivity contribution is 5.78. The Balaban J connectivity index is 3.80. The number of ether oxygens (including phenoxy) is 2. The minimum absolute atomic E-state index is 0.121. The van der Waals surface area contributed by atoms with Gasteiger partial charge in [0.2, 0.25) is 0 Å². The molecule has 0 bridgehead atoms. The first kappa shape index (κ1) is 18.4. The van der Waals surface area contributed by atoms with Gasteiger partial charge in [0, 0.05) is 19.3 Å². The molecule has 1 atom stereocenters. The highest BCUT2D eigenvalue weighted by atomic mass is 16.5. The molecule has 0 saturated heterocycles. The lowest BCUT2D eigenvalue weighted by atomic mass is 9.97. The number of carboxylic acids is 1. The lowest BCUT2D eigenvalue weighted by molar-refractivity contribution is -0.145. The molecule has 0 aliphatic heterocycles. The maximum atomic E-state index is 11.3. The Bertz CT molecular complexity index is 256. The maximum absolute atomic E-state index is 11.3. The molecule has 0 spiro atoms. The lowest BCUT2D eigenvalue weighted by Crippen LogP contribution is -2.53. The van der Waals surface area contributed by atoms with Gasteiger partial charge in [-0.1, -0.05) is 13.8 Å². The predicted molar refractivity (Wildman–Crippen MR) is 75.4 cm³/mol. The van der Waals surface area contributed by atoms with Crippen molar-refractivity contribution in [1.82, 2.24) is 5.32 Å². The normalized spacial score (nSPS) is 14.9. The predicted octanol–water partition coefficient (Wildman–Crippen LogP) is 1.91. The van der Waals surface area contributed by atoms with Crippen molar-refractivity contribution in [3.05, 3.63) is 0 Å². The SMILES string of the molecule is CC(C)COCCOCCC(C)(NC(C)C)C(=O)O. The van der Waals surface area contributed by atoms with Gasteiger partial charge in [-0.15, -0.1) is 0 Å². The molecule has 0 saturated carbocycles.